The molecule has 3 N–H and O–H groups in total. The number of esters is 1. The summed E-state index contributed by atoms with van der Waals surface area (Å²) in [6.45, 7) is 30.1. The van der Waals surface area contributed by atoms with E-state index in [1.165, 1.54) is 0 Å². The van der Waals surface area contributed by atoms with Crippen molar-refractivity contribution in [2.24, 2.45) is 5.11 Å². The summed E-state index contributed by atoms with van der Waals surface area (Å²) in [4.78, 5) is 59.0. The van der Waals surface area contributed by atoms with E-state index in [4.69, 9.17) is 86.1 Å². The predicted molar refractivity (Wildman–Crippen MR) is 265 cm³/mol. The molecule has 0 aliphatic carbocycles. The summed E-state index contributed by atoms with van der Waals surface area (Å²) in [5.74, 6) is -11.7. The van der Waals surface area contributed by atoms with E-state index in [-0.39, 0.29) is 26.2 Å². The van der Waals surface area contributed by atoms with Gasteiger partial charge in [-0.1, -0.05) is 5.11 Å². The van der Waals surface area contributed by atoms with Crippen LogP contribution in [-0.2, 0) is 99.7 Å². The molecule has 0 aromatic rings. The van der Waals surface area contributed by atoms with Gasteiger partial charge in [0.1, 0.15) is 67.1 Å². The lowest BCUT2D eigenvalue weighted by Gasteiger charge is -2.28. The van der Waals surface area contributed by atoms with Gasteiger partial charge < -0.3 is 96.5 Å². The number of nitrogens with zero attached hydrogens (tertiary/aromatic N) is 3. The number of ether oxygens (including phenoxy) is 17. The summed E-state index contributed by atoms with van der Waals surface area (Å²) in [6.07, 6.45) is -16.1. The van der Waals surface area contributed by atoms with Crippen LogP contribution in [0.3, 0.4) is 0 Å². The zero-order valence-corrected chi connectivity index (χ0v) is 48.1. The van der Waals surface area contributed by atoms with Crippen LogP contribution in [0.5, 0.6) is 0 Å². The Hall–Kier alpha value is -3.45. The Balaban J connectivity index is 0.926. The van der Waals surface area contributed by atoms with Gasteiger partial charge in [-0.3, -0.25) is 14.4 Å². The maximum absolute atomic E-state index is 14.5. The lowest BCUT2D eigenvalue weighted by molar-refractivity contribution is -0.177. The van der Waals surface area contributed by atoms with Crippen molar-refractivity contribution in [1.82, 2.24) is 16.0 Å². The zero-order valence-electron chi connectivity index (χ0n) is 48.1. The summed E-state index contributed by atoms with van der Waals surface area (Å²) < 4.78 is 106. The van der Waals surface area contributed by atoms with Gasteiger partial charge in [0, 0.05) is 24.5 Å². The molecule has 16 atom stereocenters. The van der Waals surface area contributed by atoms with Crippen LogP contribution in [0.25, 0.3) is 10.4 Å². The van der Waals surface area contributed by atoms with E-state index in [0.717, 1.165) is 0 Å². The van der Waals surface area contributed by atoms with E-state index in [9.17, 15) is 19.2 Å². The summed E-state index contributed by atoms with van der Waals surface area (Å²) >= 11 is 0. The first kappa shape index (κ1) is 60.6. The minimum absolute atomic E-state index is 0.0664. The normalized spacial score (nSPS) is 40.2. The molecule has 442 valence electrons. The van der Waals surface area contributed by atoms with Crippen molar-refractivity contribution in [3.05, 3.63) is 10.4 Å². The van der Waals surface area contributed by atoms with Crippen LogP contribution < -0.4 is 16.0 Å². The van der Waals surface area contributed by atoms with E-state index in [1.54, 1.807) is 125 Å². The molecule has 0 spiro atoms. The van der Waals surface area contributed by atoms with Crippen molar-refractivity contribution in [2.75, 3.05) is 26.2 Å². The quantitative estimate of drug-likeness (QED) is 0.0816. The van der Waals surface area contributed by atoms with Crippen molar-refractivity contribution in [3.63, 3.8) is 0 Å². The van der Waals surface area contributed by atoms with Crippen LogP contribution in [0.15, 0.2) is 5.11 Å². The summed E-state index contributed by atoms with van der Waals surface area (Å²) in [6, 6.07) is 0. The third-order valence-electron chi connectivity index (χ3n) is 13.8. The Kier molecular flexibility index (Phi) is 16.9. The molecule has 3 amide bonds. The standard InChI is InChI=1S/C51H82N6O21/c1-23(2)62-43(61)39-35(74-51(17,18)78-39)30-26(65-46(7,8)69-30)21-55-41(59)37-33(72-49(13,14)76-37)28-24(63-44(3,4)67-28)19-53-40(58)36-32(71-48(11,12)75-36)29-25(64-45(5,6)68-29)20-54-42(60)38-34(73-50(15,16)77-38)31-27(22-56-57-52)66-47(9,10)70-31/h23-39H,19-22H2,1-18H3,(H,53,58)(H,54,60)(H,55,59)/t24-,25-,26-,27-,28-,29-,30-,31-,32-,33-,34-,35-,36-,37-,38-,39-/m1/s1. The molecule has 0 radical (unpaired) electrons. The largest absolute Gasteiger partial charge is 0.461 e. The number of nitrogens with one attached hydrogen (secondary N) is 3. The maximum atomic E-state index is 14.5. The fraction of sp³-hybridized carbons (Fsp3) is 0.922. The van der Waals surface area contributed by atoms with Crippen LogP contribution in [0, 0.1) is 0 Å². The lowest BCUT2D eigenvalue weighted by atomic mass is 10.00. The van der Waals surface area contributed by atoms with Crippen molar-refractivity contribution in [1.29, 1.82) is 0 Å². The molecule has 27 heteroatoms. The molecule has 8 saturated heterocycles. The van der Waals surface area contributed by atoms with Gasteiger partial charge >= 0.3 is 5.97 Å². The van der Waals surface area contributed by atoms with Gasteiger partial charge in [0.25, 0.3) is 17.7 Å². The van der Waals surface area contributed by atoms with Crippen molar-refractivity contribution in [2.45, 2.75) is 275 Å². The fourth-order valence-electron chi connectivity index (χ4n) is 11.4. The Morgan fingerprint density at radius 1 is 0.397 bits per heavy atom. The van der Waals surface area contributed by atoms with Gasteiger partial charge in [0.2, 0.25) is 0 Å². The highest BCUT2D eigenvalue weighted by atomic mass is 16.8. The Labute approximate surface area is 454 Å². The molecule has 8 aliphatic heterocycles. The van der Waals surface area contributed by atoms with Gasteiger partial charge in [0.05, 0.1) is 18.8 Å². The average Bonchev–Trinajstić information content (AvgIpc) is 4.19. The van der Waals surface area contributed by atoms with E-state index in [0.29, 0.717) is 0 Å². The minimum atomic E-state index is -1.27. The number of azide groups is 1. The molecular formula is C51H82N6O21. The van der Waals surface area contributed by atoms with Crippen molar-refractivity contribution in [3.8, 4) is 0 Å². The van der Waals surface area contributed by atoms with E-state index in [1.807, 2.05) is 0 Å². The molecule has 8 rings (SSSR count). The highest BCUT2D eigenvalue weighted by molar-refractivity contribution is 5.83. The number of carbonyl (C=O) groups excluding carboxylic acids is 4. The third-order valence-corrected chi connectivity index (χ3v) is 13.8. The second-order valence-corrected chi connectivity index (χ2v) is 24.8. The van der Waals surface area contributed by atoms with Gasteiger partial charge in [-0.15, -0.1) is 0 Å². The van der Waals surface area contributed by atoms with Crippen LogP contribution in [-0.4, -0.2) is 200 Å². The number of amides is 3. The van der Waals surface area contributed by atoms with Crippen LogP contribution in [0.1, 0.15) is 125 Å². The van der Waals surface area contributed by atoms with Crippen LogP contribution in [0.2, 0.25) is 0 Å². The second-order valence-electron chi connectivity index (χ2n) is 24.8. The number of carbonyl (C=O) groups is 4. The Bertz CT molecular complexity index is 2290. The Morgan fingerprint density at radius 2 is 0.641 bits per heavy atom. The number of hydrogen-bond acceptors (Lipinski definition) is 22. The zero-order chi connectivity index (χ0) is 57.5. The van der Waals surface area contributed by atoms with Crippen molar-refractivity contribution >= 4 is 23.7 Å². The average molecular weight is 1120 g/mol. The fourth-order valence-corrected chi connectivity index (χ4v) is 11.4. The summed E-state index contributed by atoms with van der Waals surface area (Å²) in [5.41, 5.74) is 9.04. The molecule has 8 heterocycles. The SMILES string of the molecule is CC(C)OC(=O)[C@@H]1OC(C)(C)O[C@@H]1[C@@H]1OC(C)(C)O[C@@H]1CNC(=O)[C@@H]1OC(C)(C)O[C@@H]1[C@@H]1OC(C)(C)O[C@@H]1CNC(=O)[C@@H]1OC(C)(C)O[C@@H]1[C@@H]1OC(C)(C)O[C@@H]1CNC(=O)[C@@H]1OC(C)(C)O[C@@H]1[C@@H]1OC(C)(C)O[C@@H]1CN=[N+]=[N-]. The molecule has 8 aliphatic rings. The highest BCUT2D eigenvalue weighted by Gasteiger charge is 2.61. The first-order valence-corrected chi connectivity index (χ1v) is 26.8. The Morgan fingerprint density at radius 3 is 0.936 bits per heavy atom. The maximum Gasteiger partial charge on any atom is 0.338 e. The monoisotopic (exact) mass is 1110 g/mol. The minimum Gasteiger partial charge on any atom is -0.461 e. The predicted octanol–water partition coefficient (Wildman–Crippen LogP) is 2.76. The van der Waals surface area contributed by atoms with Gasteiger partial charge in [-0.2, -0.15) is 0 Å². The molecule has 0 unspecified atom stereocenters. The van der Waals surface area contributed by atoms with Gasteiger partial charge in [-0.25, -0.2) is 4.79 Å². The highest BCUT2D eigenvalue weighted by Crippen LogP contribution is 2.44. The lowest BCUT2D eigenvalue weighted by Crippen LogP contribution is -2.55. The summed E-state index contributed by atoms with van der Waals surface area (Å²) in [5, 5.41) is 12.5. The molecular weight excluding hydrogens is 1030 g/mol. The van der Waals surface area contributed by atoms with E-state index < -0.39 is 174 Å². The van der Waals surface area contributed by atoms with Crippen molar-refractivity contribution < 1.29 is 99.7 Å². The molecule has 0 aromatic carbocycles. The van der Waals surface area contributed by atoms with E-state index in [2.05, 4.69) is 26.0 Å². The molecule has 0 saturated carbocycles. The number of rotatable bonds is 17. The molecule has 0 bridgehead atoms. The number of hydrogen-bond donors (Lipinski definition) is 3. The third kappa shape index (κ3) is 13.9. The second kappa shape index (κ2) is 21.7. The van der Waals surface area contributed by atoms with Gasteiger partial charge in [0.15, 0.2) is 70.7 Å². The molecule has 8 fully saturated rings. The molecule has 0 aromatic heterocycles. The smallest absolute Gasteiger partial charge is 0.338 e. The molecule has 27 nitrogen and oxygen atoms in total. The summed E-state index contributed by atoms with van der Waals surface area (Å²) in [7, 11) is 0. The topological polar surface area (TPSA) is 310 Å². The first-order chi connectivity index (χ1) is 35.9. The van der Waals surface area contributed by atoms with E-state index >= 15 is 0 Å². The molecule has 78 heavy (non-hydrogen) atoms. The van der Waals surface area contributed by atoms with Crippen LogP contribution >= 0.6 is 0 Å². The van der Waals surface area contributed by atoms with Crippen LogP contribution in [0.4, 0.5) is 0 Å². The first-order valence-electron chi connectivity index (χ1n) is 26.8. The van der Waals surface area contributed by atoms with Gasteiger partial charge in [-0.05, 0) is 130 Å².